The van der Waals surface area contributed by atoms with Gasteiger partial charge in [-0.1, -0.05) is 19.9 Å². The monoisotopic (exact) mass is 295 g/mol. The largest absolute Gasteiger partial charge is 0.497 e. The number of hydrazine groups is 1. The van der Waals surface area contributed by atoms with Gasteiger partial charge in [-0.15, -0.1) is 0 Å². The number of nitrogens with one attached hydrogen (secondary N) is 3. The summed E-state index contributed by atoms with van der Waals surface area (Å²) in [6, 6.07) is 7.92. The Morgan fingerprint density at radius 3 is 2.62 bits per heavy atom. The molecule has 1 aromatic rings. The van der Waals surface area contributed by atoms with E-state index < -0.39 is 0 Å². The molecule has 120 valence electrons. The molecule has 1 aromatic carbocycles. The van der Waals surface area contributed by atoms with Crippen molar-refractivity contribution in [1.29, 1.82) is 0 Å². The maximum Gasteiger partial charge on any atom is 0.120 e. The summed E-state index contributed by atoms with van der Waals surface area (Å²) in [6.07, 6.45) is 4.59. The Morgan fingerprint density at radius 2 is 2.00 bits per heavy atom. The summed E-state index contributed by atoms with van der Waals surface area (Å²) in [5.74, 6) is 0.860. The van der Waals surface area contributed by atoms with Crippen LogP contribution in [0.5, 0.6) is 5.75 Å². The van der Waals surface area contributed by atoms with E-state index in [2.05, 4.69) is 16.3 Å². The van der Waals surface area contributed by atoms with E-state index in [0.717, 1.165) is 30.9 Å². The topological polar surface area (TPSA) is 54.5 Å². The smallest absolute Gasteiger partial charge is 0.120 e. The zero-order valence-electron chi connectivity index (χ0n) is 13.7. The molecule has 0 unspecified atom stereocenters. The minimum absolute atomic E-state index is 0.236. The molecule has 1 aliphatic carbocycles. The van der Waals surface area contributed by atoms with E-state index in [0.29, 0.717) is 0 Å². The third-order valence-corrected chi connectivity index (χ3v) is 3.44. The Kier molecular flexibility index (Phi) is 8.12. The maximum atomic E-state index is 5.20. The van der Waals surface area contributed by atoms with Crippen molar-refractivity contribution in [3.63, 3.8) is 0 Å². The van der Waals surface area contributed by atoms with Gasteiger partial charge in [0.05, 0.1) is 19.4 Å². The second-order valence-corrected chi connectivity index (χ2v) is 4.92. The molecule has 0 saturated heterocycles. The Labute approximate surface area is 128 Å². The van der Waals surface area contributed by atoms with Crippen LogP contribution in [-0.4, -0.2) is 26.3 Å². The number of hydroxylamine groups is 1. The van der Waals surface area contributed by atoms with Crippen LogP contribution in [0, 0.1) is 0 Å². The highest BCUT2D eigenvalue weighted by Crippen LogP contribution is 2.39. The summed E-state index contributed by atoms with van der Waals surface area (Å²) in [5, 5.41) is 0. The summed E-state index contributed by atoms with van der Waals surface area (Å²) < 4.78 is 5.20. The molecule has 0 spiro atoms. The van der Waals surface area contributed by atoms with Crippen LogP contribution in [0.3, 0.4) is 0 Å². The molecular formula is C16H29N3O2. The van der Waals surface area contributed by atoms with E-state index in [-0.39, 0.29) is 5.54 Å². The number of benzene rings is 1. The third-order valence-electron chi connectivity index (χ3n) is 3.44. The van der Waals surface area contributed by atoms with Crippen LogP contribution < -0.4 is 21.1 Å². The molecule has 5 nitrogen and oxygen atoms in total. The molecule has 0 atom stereocenters. The number of hydrogen-bond donors (Lipinski definition) is 3. The van der Waals surface area contributed by atoms with Gasteiger partial charge in [0.15, 0.2) is 0 Å². The standard InChI is InChI=1S/C14H23N3O2.C2H6/c1-15-19-10-4-7-14(8-9-14)17-16-12-5-3-6-13(11-12)18-2;1-2/h3,5-6,11,15-17H,4,7-10H2,1-2H3;1-2H3. The van der Waals surface area contributed by atoms with Crippen LogP contribution in [0.4, 0.5) is 5.69 Å². The number of ether oxygens (including phenoxy) is 1. The van der Waals surface area contributed by atoms with Crippen LogP contribution >= 0.6 is 0 Å². The summed E-state index contributed by atoms with van der Waals surface area (Å²) in [7, 11) is 3.46. The minimum atomic E-state index is 0.236. The average molecular weight is 295 g/mol. The fraction of sp³-hybridized carbons (Fsp3) is 0.625. The molecule has 0 aromatic heterocycles. The molecule has 5 heteroatoms. The second kappa shape index (κ2) is 9.60. The van der Waals surface area contributed by atoms with Crippen LogP contribution in [0.1, 0.15) is 39.5 Å². The second-order valence-electron chi connectivity index (χ2n) is 4.92. The number of methoxy groups -OCH3 is 1. The van der Waals surface area contributed by atoms with Crippen molar-refractivity contribution in [2.75, 3.05) is 26.2 Å². The number of rotatable bonds is 9. The third kappa shape index (κ3) is 6.33. The first-order valence-corrected chi connectivity index (χ1v) is 7.74. The van der Waals surface area contributed by atoms with E-state index in [1.54, 1.807) is 14.2 Å². The van der Waals surface area contributed by atoms with Crippen molar-refractivity contribution >= 4 is 5.69 Å². The SMILES string of the molecule is CC.CNOCCCC1(NNc2cccc(OC)c2)CC1. The van der Waals surface area contributed by atoms with Crippen LogP contribution in [-0.2, 0) is 4.84 Å². The van der Waals surface area contributed by atoms with E-state index in [1.165, 1.54) is 12.8 Å². The van der Waals surface area contributed by atoms with Crippen molar-refractivity contribution in [2.24, 2.45) is 0 Å². The van der Waals surface area contributed by atoms with Gasteiger partial charge in [0.1, 0.15) is 5.75 Å². The molecule has 0 heterocycles. The van der Waals surface area contributed by atoms with E-state index in [1.807, 2.05) is 38.1 Å². The summed E-state index contributed by atoms with van der Waals surface area (Å²) in [4.78, 5) is 5.14. The molecule has 3 N–H and O–H groups in total. The van der Waals surface area contributed by atoms with Crippen molar-refractivity contribution < 1.29 is 9.57 Å². The van der Waals surface area contributed by atoms with Gasteiger partial charge in [-0.2, -0.15) is 0 Å². The molecular weight excluding hydrogens is 266 g/mol. The van der Waals surface area contributed by atoms with Crippen molar-refractivity contribution in [3.8, 4) is 5.75 Å². The van der Waals surface area contributed by atoms with E-state index in [4.69, 9.17) is 9.57 Å². The molecule has 1 aliphatic rings. The molecule has 0 bridgehead atoms. The molecule has 0 aliphatic heterocycles. The maximum absolute atomic E-state index is 5.20. The highest BCUT2D eigenvalue weighted by Gasteiger charge is 2.41. The van der Waals surface area contributed by atoms with Gasteiger partial charge in [0.2, 0.25) is 0 Å². The molecule has 2 rings (SSSR count). The Morgan fingerprint density at radius 1 is 1.24 bits per heavy atom. The zero-order chi connectivity index (χ0) is 15.6. The van der Waals surface area contributed by atoms with E-state index in [9.17, 15) is 0 Å². The van der Waals surface area contributed by atoms with Crippen LogP contribution in [0.25, 0.3) is 0 Å². The zero-order valence-corrected chi connectivity index (χ0v) is 13.7. The lowest BCUT2D eigenvalue weighted by atomic mass is 10.1. The lowest BCUT2D eigenvalue weighted by Gasteiger charge is -2.19. The molecule has 1 fully saturated rings. The van der Waals surface area contributed by atoms with Crippen LogP contribution in [0.15, 0.2) is 24.3 Å². The van der Waals surface area contributed by atoms with Gasteiger partial charge < -0.3 is 15.0 Å². The fourth-order valence-corrected chi connectivity index (χ4v) is 2.08. The first kappa shape index (κ1) is 17.8. The highest BCUT2D eigenvalue weighted by atomic mass is 16.6. The first-order chi connectivity index (χ1) is 10.3. The first-order valence-electron chi connectivity index (χ1n) is 7.74. The van der Waals surface area contributed by atoms with Crippen LogP contribution in [0.2, 0.25) is 0 Å². The van der Waals surface area contributed by atoms with Gasteiger partial charge in [0, 0.05) is 18.7 Å². The molecule has 1 saturated carbocycles. The minimum Gasteiger partial charge on any atom is -0.497 e. The summed E-state index contributed by atoms with van der Waals surface area (Å²) in [5.41, 5.74) is 10.7. The Hall–Kier alpha value is -1.30. The Bertz CT molecular complexity index is 395. The summed E-state index contributed by atoms with van der Waals surface area (Å²) in [6.45, 7) is 4.75. The van der Waals surface area contributed by atoms with Gasteiger partial charge in [-0.05, 0) is 37.8 Å². The quantitative estimate of drug-likeness (QED) is 0.483. The summed E-state index contributed by atoms with van der Waals surface area (Å²) >= 11 is 0. The number of anilines is 1. The lowest BCUT2D eigenvalue weighted by molar-refractivity contribution is 0.0536. The fourth-order valence-electron chi connectivity index (χ4n) is 2.08. The molecule has 0 radical (unpaired) electrons. The number of hydrogen-bond acceptors (Lipinski definition) is 5. The van der Waals surface area contributed by atoms with Gasteiger partial charge >= 0.3 is 0 Å². The Balaban J connectivity index is 0.00000106. The predicted octanol–water partition coefficient (Wildman–Crippen LogP) is 3.10. The van der Waals surface area contributed by atoms with Crippen molar-refractivity contribution in [3.05, 3.63) is 24.3 Å². The predicted molar refractivity (Wildman–Crippen MR) is 87.3 cm³/mol. The molecule has 21 heavy (non-hydrogen) atoms. The molecule has 0 amide bonds. The lowest BCUT2D eigenvalue weighted by Crippen LogP contribution is -2.36. The van der Waals surface area contributed by atoms with Crippen molar-refractivity contribution in [2.45, 2.75) is 45.1 Å². The normalized spacial score (nSPS) is 14.9. The van der Waals surface area contributed by atoms with Crippen molar-refractivity contribution in [1.82, 2.24) is 10.9 Å². The van der Waals surface area contributed by atoms with E-state index >= 15 is 0 Å². The average Bonchev–Trinajstić information content (AvgIpc) is 3.32. The van der Waals surface area contributed by atoms with Gasteiger partial charge in [-0.3, -0.25) is 0 Å². The highest BCUT2D eigenvalue weighted by molar-refractivity contribution is 5.47. The van der Waals surface area contributed by atoms with Gasteiger partial charge in [-0.25, -0.2) is 10.9 Å². The van der Waals surface area contributed by atoms with Gasteiger partial charge in [0.25, 0.3) is 0 Å².